The van der Waals surface area contributed by atoms with Gasteiger partial charge in [0.05, 0.1) is 0 Å². The van der Waals surface area contributed by atoms with E-state index in [1.54, 1.807) is 24.3 Å². The molecule has 0 fully saturated rings. The summed E-state index contributed by atoms with van der Waals surface area (Å²) in [6, 6.07) is 9.75. The van der Waals surface area contributed by atoms with Gasteiger partial charge in [-0.05, 0) is 48.9 Å². The SMILES string of the molecule is C=C(C)COc1ccc(NC(=O)c2c(F)cccc2F)cc1. The molecule has 0 aliphatic rings. The van der Waals surface area contributed by atoms with Crippen molar-refractivity contribution in [1.82, 2.24) is 0 Å². The lowest BCUT2D eigenvalue weighted by atomic mass is 10.2. The average molecular weight is 303 g/mol. The number of ether oxygens (including phenoxy) is 1. The largest absolute Gasteiger partial charge is 0.489 e. The number of halogens is 2. The zero-order valence-electron chi connectivity index (χ0n) is 12.0. The summed E-state index contributed by atoms with van der Waals surface area (Å²) in [6.45, 7) is 5.96. The zero-order valence-corrected chi connectivity index (χ0v) is 12.0. The Morgan fingerprint density at radius 2 is 1.73 bits per heavy atom. The molecule has 0 aromatic heterocycles. The molecule has 0 spiro atoms. The zero-order chi connectivity index (χ0) is 16.1. The van der Waals surface area contributed by atoms with E-state index < -0.39 is 23.1 Å². The van der Waals surface area contributed by atoms with Crippen LogP contribution in [0, 0.1) is 11.6 Å². The van der Waals surface area contributed by atoms with E-state index in [4.69, 9.17) is 4.74 Å². The van der Waals surface area contributed by atoms with Crippen LogP contribution >= 0.6 is 0 Å². The molecule has 0 aliphatic carbocycles. The van der Waals surface area contributed by atoms with Crippen LogP contribution < -0.4 is 10.1 Å². The van der Waals surface area contributed by atoms with Gasteiger partial charge in [-0.25, -0.2) is 8.78 Å². The molecule has 0 saturated carbocycles. The topological polar surface area (TPSA) is 38.3 Å². The summed E-state index contributed by atoms with van der Waals surface area (Å²) in [6.07, 6.45) is 0. The first-order chi connectivity index (χ1) is 10.5. The third-order valence-electron chi connectivity index (χ3n) is 2.79. The summed E-state index contributed by atoms with van der Waals surface area (Å²) in [7, 11) is 0. The van der Waals surface area contributed by atoms with Crippen molar-refractivity contribution >= 4 is 11.6 Å². The number of hydrogen-bond donors (Lipinski definition) is 1. The first-order valence-electron chi connectivity index (χ1n) is 6.60. The van der Waals surface area contributed by atoms with Crippen LogP contribution in [0.3, 0.4) is 0 Å². The Bertz CT molecular complexity index is 676. The van der Waals surface area contributed by atoms with Crippen molar-refractivity contribution in [2.24, 2.45) is 0 Å². The molecule has 2 aromatic carbocycles. The maximum Gasteiger partial charge on any atom is 0.261 e. The molecule has 114 valence electrons. The first kappa shape index (κ1) is 15.7. The van der Waals surface area contributed by atoms with E-state index in [1.807, 2.05) is 6.92 Å². The van der Waals surface area contributed by atoms with Crippen molar-refractivity contribution in [3.63, 3.8) is 0 Å². The van der Waals surface area contributed by atoms with Gasteiger partial charge in [0.15, 0.2) is 0 Å². The molecular formula is C17H15F2NO2. The minimum absolute atomic E-state index is 0.395. The molecule has 2 aromatic rings. The number of benzene rings is 2. The van der Waals surface area contributed by atoms with Crippen molar-refractivity contribution in [3.05, 3.63) is 71.8 Å². The van der Waals surface area contributed by atoms with Crippen LogP contribution in [0.5, 0.6) is 5.75 Å². The number of nitrogens with one attached hydrogen (secondary N) is 1. The Hall–Kier alpha value is -2.69. The van der Waals surface area contributed by atoms with Gasteiger partial charge in [0.1, 0.15) is 29.6 Å². The summed E-state index contributed by atoms with van der Waals surface area (Å²) in [5.41, 5.74) is 0.688. The van der Waals surface area contributed by atoms with Gasteiger partial charge in [-0.2, -0.15) is 0 Å². The van der Waals surface area contributed by atoms with Crippen LogP contribution in [0.1, 0.15) is 17.3 Å². The summed E-state index contributed by atoms with van der Waals surface area (Å²) in [5, 5.41) is 2.44. The van der Waals surface area contributed by atoms with Crippen molar-refractivity contribution in [2.75, 3.05) is 11.9 Å². The van der Waals surface area contributed by atoms with Gasteiger partial charge in [0.25, 0.3) is 5.91 Å². The lowest BCUT2D eigenvalue weighted by molar-refractivity contribution is 0.101. The van der Waals surface area contributed by atoms with E-state index in [-0.39, 0.29) is 0 Å². The van der Waals surface area contributed by atoms with Crippen molar-refractivity contribution in [2.45, 2.75) is 6.92 Å². The van der Waals surface area contributed by atoms with Crippen LogP contribution in [-0.4, -0.2) is 12.5 Å². The van der Waals surface area contributed by atoms with Crippen molar-refractivity contribution in [3.8, 4) is 5.75 Å². The van der Waals surface area contributed by atoms with Crippen LogP contribution in [0.4, 0.5) is 14.5 Å². The second kappa shape index (κ2) is 6.85. The quantitative estimate of drug-likeness (QED) is 0.842. The average Bonchev–Trinajstić information content (AvgIpc) is 2.46. The van der Waals surface area contributed by atoms with Crippen LogP contribution in [0.15, 0.2) is 54.6 Å². The minimum Gasteiger partial charge on any atom is -0.489 e. The number of anilines is 1. The molecule has 5 heteroatoms. The highest BCUT2D eigenvalue weighted by atomic mass is 19.1. The number of carbonyl (C=O) groups is 1. The van der Waals surface area contributed by atoms with Gasteiger partial charge in [-0.1, -0.05) is 12.6 Å². The fourth-order valence-corrected chi connectivity index (χ4v) is 1.75. The molecule has 3 nitrogen and oxygen atoms in total. The Morgan fingerprint density at radius 3 is 2.27 bits per heavy atom. The van der Waals surface area contributed by atoms with Gasteiger partial charge in [-0.3, -0.25) is 4.79 Å². The van der Waals surface area contributed by atoms with E-state index in [0.717, 1.165) is 17.7 Å². The minimum atomic E-state index is -0.904. The molecule has 0 atom stereocenters. The highest BCUT2D eigenvalue weighted by molar-refractivity contribution is 6.04. The molecule has 0 unspecified atom stereocenters. The first-order valence-corrected chi connectivity index (χ1v) is 6.60. The van der Waals surface area contributed by atoms with E-state index in [9.17, 15) is 13.6 Å². The normalized spacial score (nSPS) is 10.1. The summed E-state index contributed by atoms with van der Waals surface area (Å²) in [5.74, 6) is -2.04. The van der Waals surface area contributed by atoms with Crippen LogP contribution in [-0.2, 0) is 0 Å². The second-order valence-electron chi connectivity index (χ2n) is 4.82. The summed E-state index contributed by atoms with van der Waals surface area (Å²) >= 11 is 0. The van der Waals surface area contributed by atoms with E-state index in [0.29, 0.717) is 18.0 Å². The summed E-state index contributed by atoms with van der Waals surface area (Å²) in [4.78, 5) is 11.9. The van der Waals surface area contributed by atoms with Gasteiger partial charge in [-0.15, -0.1) is 0 Å². The maximum atomic E-state index is 13.5. The molecule has 0 aliphatic heterocycles. The predicted octanol–water partition coefficient (Wildman–Crippen LogP) is 4.17. The smallest absolute Gasteiger partial charge is 0.261 e. The molecule has 1 N–H and O–H groups in total. The lowest BCUT2D eigenvalue weighted by Crippen LogP contribution is -2.15. The molecule has 22 heavy (non-hydrogen) atoms. The molecule has 2 rings (SSSR count). The third-order valence-corrected chi connectivity index (χ3v) is 2.79. The fraction of sp³-hybridized carbons (Fsp3) is 0.118. The predicted molar refractivity (Wildman–Crippen MR) is 81.1 cm³/mol. The molecular weight excluding hydrogens is 288 g/mol. The Morgan fingerprint density at radius 1 is 1.14 bits per heavy atom. The maximum absolute atomic E-state index is 13.5. The van der Waals surface area contributed by atoms with E-state index >= 15 is 0 Å². The summed E-state index contributed by atoms with van der Waals surface area (Å²) < 4.78 is 32.4. The molecule has 0 radical (unpaired) electrons. The van der Waals surface area contributed by atoms with E-state index in [2.05, 4.69) is 11.9 Å². The van der Waals surface area contributed by atoms with Crippen LogP contribution in [0.2, 0.25) is 0 Å². The Balaban J connectivity index is 2.07. The molecule has 0 saturated heterocycles. The fourth-order valence-electron chi connectivity index (χ4n) is 1.75. The van der Waals surface area contributed by atoms with Crippen molar-refractivity contribution in [1.29, 1.82) is 0 Å². The van der Waals surface area contributed by atoms with Crippen LogP contribution in [0.25, 0.3) is 0 Å². The highest BCUT2D eigenvalue weighted by Crippen LogP contribution is 2.18. The Labute approximate surface area is 127 Å². The third kappa shape index (κ3) is 3.91. The molecule has 1 amide bonds. The van der Waals surface area contributed by atoms with E-state index in [1.165, 1.54) is 6.07 Å². The van der Waals surface area contributed by atoms with Crippen molar-refractivity contribution < 1.29 is 18.3 Å². The van der Waals surface area contributed by atoms with Gasteiger partial charge in [0, 0.05) is 5.69 Å². The number of rotatable bonds is 5. The standard InChI is InChI=1S/C17H15F2NO2/c1-11(2)10-22-13-8-6-12(7-9-13)20-17(21)16-14(18)4-3-5-15(16)19/h3-9H,1,10H2,2H3,(H,20,21). The monoisotopic (exact) mass is 303 g/mol. The second-order valence-corrected chi connectivity index (χ2v) is 4.82. The number of hydrogen-bond acceptors (Lipinski definition) is 2. The lowest BCUT2D eigenvalue weighted by Gasteiger charge is -2.09. The van der Waals surface area contributed by atoms with Gasteiger partial charge >= 0.3 is 0 Å². The van der Waals surface area contributed by atoms with Gasteiger partial charge < -0.3 is 10.1 Å². The highest BCUT2D eigenvalue weighted by Gasteiger charge is 2.16. The number of carbonyl (C=O) groups excluding carboxylic acids is 1. The Kier molecular flexibility index (Phi) is 4.88. The molecule has 0 bridgehead atoms. The molecule has 0 heterocycles. The number of amides is 1. The van der Waals surface area contributed by atoms with Gasteiger partial charge in [0.2, 0.25) is 0 Å².